The number of quaternary nitrogens is 1. The SMILES string of the molecule is CCCCN1C=C[N+](C)(CCCC)C1. The van der Waals surface area contributed by atoms with Crippen LogP contribution in [-0.2, 0) is 0 Å². The van der Waals surface area contributed by atoms with Gasteiger partial charge >= 0.3 is 0 Å². The van der Waals surface area contributed by atoms with Crippen LogP contribution in [0.15, 0.2) is 12.4 Å². The standard InChI is InChI=1S/C12H25N2/c1-4-6-8-13-9-11-14(3,12-13)10-7-5-2/h9,11H,4-8,10,12H2,1-3H3/q+1. The first-order valence-corrected chi connectivity index (χ1v) is 5.98. The van der Waals surface area contributed by atoms with Crippen molar-refractivity contribution in [2.24, 2.45) is 0 Å². The second-order valence-electron chi connectivity index (χ2n) is 4.66. The molecule has 0 aromatic rings. The van der Waals surface area contributed by atoms with Crippen LogP contribution < -0.4 is 0 Å². The van der Waals surface area contributed by atoms with Crippen molar-refractivity contribution in [3.8, 4) is 0 Å². The lowest BCUT2D eigenvalue weighted by Crippen LogP contribution is -2.41. The second kappa shape index (κ2) is 5.40. The minimum absolute atomic E-state index is 1.11. The molecule has 0 bridgehead atoms. The topological polar surface area (TPSA) is 3.24 Å². The maximum atomic E-state index is 2.46. The predicted octanol–water partition coefficient (Wildman–Crippen LogP) is 2.78. The summed E-state index contributed by atoms with van der Waals surface area (Å²) in [6.45, 7) is 8.22. The van der Waals surface area contributed by atoms with Gasteiger partial charge in [-0.15, -0.1) is 0 Å². The van der Waals surface area contributed by atoms with Crippen LogP contribution >= 0.6 is 0 Å². The molecule has 2 nitrogen and oxygen atoms in total. The van der Waals surface area contributed by atoms with Gasteiger partial charge in [0.05, 0.1) is 19.8 Å². The van der Waals surface area contributed by atoms with E-state index >= 15 is 0 Å². The van der Waals surface area contributed by atoms with Crippen molar-refractivity contribution in [1.29, 1.82) is 0 Å². The van der Waals surface area contributed by atoms with Gasteiger partial charge in [-0.25, -0.2) is 0 Å². The Labute approximate surface area is 88.8 Å². The summed E-state index contributed by atoms with van der Waals surface area (Å²) in [5.74, 6) is 0. The van der Waals surface area contributed by atoms with Crippen molar-refractivity contribution in [1.82, 2.24) is 4.90 Å². The van der Waals surface area contributed by atoms with Crippen LogP contribution in [0.4, 0.5) is 0 Å². The lowest BCUT2D eigenvalue weighted by molar-refractivity contribution is -0.861. The maximum absolute atomic E-state index is 2.46. The fraction of sp³-hybridized carbons (Fsp3) is 0.833. The lowest BCUT2D eigenvalue weighted by atomic mass is 10.3. The number of hydrogen-bond donors (Lipinski definition) is 0. The Balaban J connectivity index is 2.29. The molecule has 0 N–H and O–H groups in total. The van der Waals surface area contributed by atoms with Crippen LogP contribution in [0.25, 0.3) is 0 Å². The first kappa shape index (κ1) is 11.6. The Morgan fingerprint density at radius 3 is 2.57 bits per heavy atom. The number of nitrogens with zero attached hydrogens (tertiary/aromatic N) is 2. The van der Waals surface area contributed by atoms with Crippen LogP contribution in [-0.4, -0.2) is 36.2 Å². The molecule has 14 heavy (non-hydrogen) atoms. The van der Waals surface area contributed by atoms with Gasteiger partial charge in [0.2, 0.25) is 0 Å². The first-order valence-electron chi connectivity index (χ1n) is 5.98. The van der Waals surface area contributed by atoms with Gasteiger partial charge in [-0.3, -0.25) is 4.48 Å². The van der Waals surface area contributed by atoms with E-state index in [2.05, 4.69) is 38.2 Å². The normalized spacial score (nSPS) is 26.1. The van der Waals surface area contributed by atoms with E-state index in [0.29, 0.717) is 0 Å². The second-order valence-corrected chi connectivity index (χ2v) is 4.66. The molecule has 0 spiro atoms. The van der Waals surface area contributed by atoms with Crippen molar-refractivity contribution < 1.29 is 4.48 Å². The Bertz CT molecular complexity index is 189. The van der Waals surface area contributed by atoms with E-state index in [1.165, 1.54) is 45.4 Å². The van der Waals surface area contributed by atoms with Crippen LogP contribution in [0, 0.1) is 0 Å². The average molecular weight is 197 g/mol. The van der Waals surface area contributed by atoms with Crippen molar-refractivity contribution in [2.45, 2.75) is 39.5 Å². The van der Waals surface area contributed by atoms with E-state index < -0.39 is 0 Å². The Hall–Kier alpha value is -0.500. The summed E-state index contributed by atoms with van der Waals surface area (Å²) < 4.78 is 1.11. The molecular formula is C12H25N2+. The van der Waals surface area contributed by atoms with Gasteiger partial charge in [0.25, 0.3) is 0 Å². The lowest BCUT2D eigenvalue weighted by Gasteiger charge is -2.28. The molecule has 1 atom stereocenters. The third-order valence-electron chi connectivity index (χ3n) is 2.96. The molecule has 82 valence electrons. The van der Waals surface area contributed by atoms with Crippen LogP contribution in [0.3, 0.4) is 0 Å². The molecule has 0 aliphatic carbocycles. The quantitative estimate of drug-likeness (QED) is 0.592. The molecule has 0 saturated carbocycles. The number of rotatable bonds is 6. The third kappa shape index (κ3) is 3.33. The summed E-state index contributed by atoms with van der Waals surface area (Å²) >= 11 is 0. The fourth-order valence-electron chi connectivity index (χ4n) is 1.94. The largest absolute Gasteiger partial charge is 0.326 e. The first-order chi connectivity index (χ1) is 6.70. The van der Waals surface area contributed by atoms with E-state index in [1.807, 2.05) is 0 Å². The summed E-state index contributed by atoms with van der Waals surface area (Å²) in [6.07, 6.45) is 9.89. The molecule has 0 fully saturated rings. The smallest absolute Gasteiger partial charge is 0.158 e. The summed E-state index contributed by atoms with van der Waals surface area (Å²) in [4.78, 5) is 2.46. The summed E-state index contributed by atoms with van der Waals surface area (Å²) in [7, 11) is 2.33. The maximum Gasteiger partial charge on any atom is 0.158 e. The fourth-order valence-corrected chi connectivity index (χ4v) is 1.94. The van der Waals surface area contributed by atoms with Gasteiger partial charge in [-0.2, -0.15) is 0 Å². The molecule has 1 unspecified atom stereocenters. The monoisotopic (exact) mass is 197 g/mol. The van der Waals surface area contributed by atoms with Gasteiger partial charge in [-0.1, -0.05) is 26.7 Å². The minimum Gasteiger partial charge on any atom is -0.326 e. The predicted molar refractivity (Wildman–Crippen MR) is 61.6 cm³/mol. The highest BCUT2D eigenvalue weighted by atomic mass is 15.5. The van der Waals surface area contributed by atoms with Crippen molar-refractivity contribution >= 4 is 0 Å². The van der Waals surface area contributed by atoms with Gasteiger partial charge < -0.3 is 4.90 Å². The molecule has 0 aromatic carbocycles. The number of hydrogen-bond acceptors (Lipinski definition) is 1. The van der Waals surface area contributed by atoms with Gasteiger partial charge in [-0.05, 0) is 12.8 Å². The molecule has 1 aliphatic rings. The number of unbranched alkanes of at least 4 members (excludes halogenated alkanes) is 2. The highest BCUT2D eigenvalue weighted by Crippen LogP contribution is 2.16. The van der Waals surface area contributed by atoms with Gasteiger partial charge in [0.15, 0.2) is 6.67 Å². The summed E-state index contributed by atoms with van der Waals surface area (Å²) in [5.41, 5.74) is 0. The molecule has 2 heteroatoms. The van der Waals surface area contributed by atoms with Crippen LogP contribution in [0.1, 0.15) is 39.5 Å². The average Bonchev–Trinajstić information content (AvgIpc) is 2.55. The highest BCUT2D eigenvalue weighted by molar-refractivity contribution is 4.81. The van der Waals surface area contributed by atoms with E-state index in [0.717, 1.165) is 4.48 Å². The van der Waals surface area contributed by atoms with Crippen LogP contribution in [0.5, 0.6) is 0 Å². The molecule has 1 aliphatic heterocycles. The van der Waals surface area contributed by atoms with Crippen molar-refractivity contribution in [3.05, 3.63) is 12.4 Å². The molecule has 0 saturated heterocycles. The summed E-state index contributed by atoms with van der Waals surface area (Å²) in [6, 6.07) is 0. The van der Waals surface area contributed by atoms with Crippen LogP contribution in [0.2, 0.25) is 0 Å². The van der Waals surface area contributed by atoms with Gasteiger partial charge in [0.1, 0.15) is 6.20 Å². The van der Waals surface area contributed by atoms with Crippen molar-refractivity contribution in [3.63, 3.8) is 0 Å². The molecule has 1 rings (SSSR count). The summed E-state index contributed by atoms with van der Waals surface area (Å²) in [5, 5.41) is 0. The molecule has 1 heterocycles. The van der Waals surface area contributed by atoms with E-state index in [1.54, 1.807) is 0 Å². The zero-order valence-corrected chi connectivity index (χ0v) is 10.00. The van der Waals surface area contributed by atoms with Crippen molar-refractivity contribution in [2.75, 3.05) is 26.8 Å². The molecule has 0 amide bonds. The zero-order valence-electron chi connectivity index (χ0n) is 10.00. The van der Waals surface area contributed by atoms with E-state index in [4.69, 9.17) is 0 Å². The van der Waals surface area contributed by atoms with E-state index in [9.17, 15) is 0 Å². The minimum atomic E-state index is 1.11. The molecule has 0 aromatic heterocycles. The molecular weight excluding hydrogens is 172 g/mol. The van der Waals surface area contributed by atoms with E-state index in [-0.39, 0.29) is 0 Å². The Morgan fingerprint density at radius 2 is 1.93 bits per heavy atom. The Morgan fingerprint density at radius 1 is 1.21 bits per heavy atom. The van der Waals surface area contributed by atoms with Gasteiger partial charge in [0, 0.05) is 6.54 Å². The zero-order chi connectivity index (χ0) is 10.4. The Kier molecular flexibility index (Phi) is 4.46. The third-order valence-corrected chi connectivity index (χ3v) is 2.96. The highest BCUT2D eigenvalue weighted by Gasteiger charge is 2.25. The molecule has 0 radical (unpaired) electrons.